The van der Waals surface area contributed by atoms with Crippen molar-refractivity contribution in [1.29, 1.82) is 0 Å². The molecule has 0 aromatic carbocycles. The smallest absolute Gasteiger partial charge is 0.218 e. The average molecular weight is 517 g/mol. The van der Waals surface area contributed by atoms with Crippen molar-refractivity contribution in [2.75, 3.05) is 43.4 Å². The summed E-state index contributed by atoms with van der Waals surface area (Å²) in [6.07, 6.45) is 7.47. The lowest BCUT2D eigenvalue weighted by Crippen LogP contribution is -2.48. The third kappa shape index (κ3) is 5.00. The van der Waals surface area contributed by atoms with Gasteiger partial charge in [0.05, 0.1) is 5.35 Å². The number of piperazine rings is 1. The van der Waals surface area contributed by atoms with Gasteiger partial charge in [0.1, 0.15) is 11.6 Å². The maximum absolute atomic E-state index is 14.7. The first kappa shape index (κ1) is 24.5. The Morgan fingerprint density at radius 3 is 2.63 bits per heavy atom. The van der Waals surface area contributed by atoms with E-state index in [9.17, 15) is 8.78 Å². The molecular formula is C28H30F2N8. The van der Waals surface area contributed by atoms with Gasteiger partial charge in [0, 0.05) is 62.0 Å². The molecule has 3 fully saturated rings. The molecule has 8 nitrogen and oxygen atoms in total. The molecule has 3 aromatic rings. The summed E-state index contributed by atoms with van der Waals surface area (Å²) >= 11 is 0. The van der Waals surface area contributed by atoms with E-state index in [1.807, 2.05) is 6.21 Å². The highest BCUT2D eigenvalue weighted by Crippen LogP contribution is 2.41. The topological polar surface area (TPSA) is 91.2 Å². The number of nitrogens with one attached hydrogen (secondary N) is 2. The maximum atomic E-state index is 14.7. The number of nitrogens with zero attached hydrogens (tertiary/aromatic N) is 6. The van der Waals surface area contributed by atoms with Crippen LogP contribution < -0.4 is 26.1 Å². The van der Waals surface area contributed by atoms with Crippen molar-refractivity contribution in [3.8, 4) is 11.4 Å². The SMILES string of the molecule is C=c1nc(-c2ccnc(Nc3nc(F)c(C4CC4)cc3F)c2)nc(N2CCNCC2)/c1=C(/C=N\C)C1CC1. The minimum atomic E-state index is -0.646. The Bertz CT molecular complexity index is 1510. The summed E-state index contributed by atoms with van der Waals surface area (Å²) in [4.78, 5) is 24.5. The van der Waals surface area contributed by atoms with Crippen LogP contribution in [-0.4, -0.2) is 59.4 Å². The molecule has 1 saturated heterocycles. The molecular weight excluding hydrogens is 486 g/mol. The van der Waals surface area contributed by atoms with Crippen molar-refractivity contribution in [2.24, 2.45) is 10.9 Å². The van der Waals surface area contributed by atoms with Gasteiger partial charge in [0.15, 0.2) is 17.5 Å². The molecule has 0 bridgehead atoms. The number of hydrogen-bond donors (Lipinski definition) is 2. The molecule has 3 aromatic heterocycles. The highest BCUT2D eigenvalue weighted by molar-refractivity contribution is 6.04. The molecule has 2 saturated carbocycles. The monoisotopic (exact) mass is 516 g/mol. The van der Waals surface area contributed by atoms with Gasteiger partial charge in [0.25, 0.3) is 0 Å². The molecule has 2 aliphatic carbocycles. The molecule has 0 amide bonds. The van der Waals surface area contributed by atoms with Crippen molar-refractivity contribution < 1.29 is 8.78 Å². The van der Waals surface area contributed by atoms with Crippen LogP contribution in [-0.2, 0) is 0 Å². The first-order chi connectivity index (χ1) is 18.5. The fraction of sp³-hybridized carbons (Fsp3) is 0.393. The van der Waals surface area contributed by atoms with E-state index in [0.29, 0.717) is 34.0 Å². The number of anilines is 3. The lowest BCUT2D eigenvalue weighted by atomic mass is 10.1. The number of halogens is 2. The van der Waals surface area contributed by atoms with Gasteiger partial charge in [-0.3, -0.25) is 4.99 Å². The minimum absolute atomic E-state index is 0.0654. The molecule has 0 radical (unpaired) electrons. The van der Waals surface area contributed by atoms with E-state index in [2.05, 4.69) is 37.1 Å². The van der Waals surface area contributed by atoms with Gasteiger partial charge in [-0.2, -0.15) is 9.37 Å². The second-order valence-electron chi connectivity index (χ2n) is 10.1. The zero-order valence-electron chi connectivity index (χ0n) is 21.3. The van der Waals surface area contributed by atoms with Crippen LogP contribution in [0.3, 0.4) is 0 Å². The highest BCUT2D eigenvalue weighted by Gasteiger charge is 2.29. The molecule has 6 rings (SSSR count). The molecule has 10 heteroatoms. The summed E-state index contributed by atoms with van der Waals surface area (Å²) in [5.41, 5.74) is 2.15. The van der Waals surface area contributed by atoms with Crippen LogP contribution in [0.1, 0.15) is 37.2 Å². The van der Waals surface area contributed by atoms with Crippen LogP contribution in [0.5, 0.6) is 0 Å². The third-order valence-electron chi connectivity index (χ3n) is 7.19. The van der Waals surface area contributed by atoms with E-state index in [1.165, 1.54) is 6.07 Å². The Morgan fingerprint density at radius 2 is 1.92 bits per heavy atom. The van der Waals surface area contributed by atoms with Gasteiger partial charge < -0.3 is 15.5 Å². The molecule has 0 spiro atoms. The van der Waals surface area contributed by atoms with Crippen LogP contribution in [0.15, 0.2) is 29.4 Å². The first-order valence-electron chi connectivity index (χ1n) is 13.1. The van der Waals surface area contributed by atoms with Gasteiger partial charge in [-0.1, -0.05) is 6.58 Å². The molecule has 1 aliphatic heterocycles. The highest BCUT2D eigenvalue weighted by atomic mass is 19.1. The first-order valence-corrected chi connectivity index (χ1v) is 13.1. The minimum Gasteiger partial charge on any atom is -0.353 e. The average Bonchev–Trinajstić information content (AvgIpc) is 3.84. The second kappa shape index (κ2) is 10.2. The lowest BCUT2D eigenvalue weighted by molar-refractivity contribution is 0.549. The summed E-state index contributed by atoms with van der Waals surface area (Å²) in [6, 6.07) is 4.74. The van der Waals surface area contributed by atoms with E-state index in [4.69, 9.17) is 9.97 Å². The van der Waals surface area contributed by atoms with E-state index >= 15 is 0 Å². The van der Waals surface area contributed by atoms with Crippen molar-refractivity contribution in [2.45, 2.75) is 31.6 Å². The molecule has 196 valence electrons. The Kier molecular flexibility index (Phi) is 6.57. The van der Waals surface area contributed by atoms with E-state index in [0.717, 1.165) is 68.5 Å². The number of rotatable bonds is 7. The fourth-order valence-electron chi connectivity index (χ4n) is 4.94. The van der Waals surface area contributed by atoms with Crippen LogP contribution >= 0.6 is 0 Å². The van der Waals surface area contributed by atoms with Gasteiger partial charge in [-0.15, -0.1) is 0 Å². The summed E-state index contributed by atoms with van der Waals surface area (Å²) in [5.74, 6) is 0.712. The zero-order valence-corrected chi connectivity index (χ0v) is 21.3. The maximum Gasteiger partial charge on any atom is 0.218 e. The summed E-state index contributed by atoms with van der Waals surface area (Å²) in [7, 11) is 1.78. The number of hydrogen-bond acceptors (Lipinski definition) is 8. The molecule has 0 atom stereocenters. The quantitative estimate of drug-likeness (QED) is 0.369. The van der Waals surface area contributed by atoms with Gasteiger partial charge in [-0.05, 0) is 61.3 Å². The summed E-state index contributed by atoms with van der Waals surface area (Å²) < 4.78 is 29.2. The van der Waals surface area contributed by atoms with E-state index in [1.54, 1.807) is 25.4 Å². The van der Waals surface area contributed by atoms with Gasteiger partial charge >= 0.3 is 0 Å². The molecule has 3 aliphatic rings. The predicted octanol–water partition coefficient (Wildman–Crippen LogP) is 2.91. The molecule has 0 unspecified atom stereocenters. The Balaban J connectivity index is 1.39. The van der Waals surface area contributed by atoms with Crippen LogP contribution in [0, 0.1) is 17.7 Å². The Morgan fingerprint density at radius 1 is 1.13 bits per heavy atom. The van der Waals surface area contributed by atoms with Crippen LogP contribution in [0.4, 0.5) is 26.2 Å². The normalized spacial score (nSPS) is 18.7. The lowest BCUT2D eigenvalue weighted by Gasteiger charge is -2.29. The van der Waals surface area contributed by atoms with Crippen molar-refractivity contribution in [3.63, 3.8) is 0 Å². The second-order valence-corrected chi connectivity index (χ2v) is 10.1. The predicted molar refractivity (Wildman–Crippen MR) is 145 cm³/mol. The Labute approximate surface area is 219 Å². The van der Waals surface area contributed by atoms with E-state index in [-0.39, 0.29) is 11.7 Å². The van der Waals surface area contributed by atoms with Crippen LogP contribution in [0.2, 0.25) is 0 Å². The number of pyridine rings is 2. The van der Waals surface area contributed by atoms with E-state index < -0.39 is 11.8 Å². The third-order valence-corrected chi connectivity index (χ3v) is 7.19. The Hall–Kier alpha value is -3.79. The molecule has 38 heavy (non-hydrogen) atoms. The molecule has 2 N–H and O–H groups in total. The number of aromatic nitrogens is 4. The van der Waals surface area contributed by atoms with Gasteiger partial charge in [0.2, 0.25) is 5.95 Å². The fourth-order valence-corrected chi connectivity index (χ4v) is 4.94. The zero-order chi connectivity index (χ0) is 26.2. The molecule has 4 heterocycles. The largest absolute Gasteiger partial charge is 0.353 e. The van der Waals surface area contributed by atoms with Crippen molar-refractivity contribution >= 4 is 35.8 Å². The standard InChI is InChI=1S/C28H30F2N8/c1-16-24(21(15-31-2)18-5-6-18)28(38-11-9-32-10-12-38)37-26(34-16)19-7-8-33-23(13-19)35-27-22(29)14-20(17-3-4-17)25(30)36-27/h7-8,13-15,17-18,32H,1,3-6,9-12H2,2H3,(H,33,35,36)/b24-21-,31-15-. The van der Waals surface area contributed by atoms with Gasteiger partial charge in [-0.25, -0.2) is 19.3 Å². The van der Waals surface area contributed by atoms with Crippen molar-refractivity contribution in [3.05, 3.63) is 52.3 Å². The summed E-state index contributed by atoms with van der Waals surface area (Å²) in [5, 5.41) is 7.81. The number of aliphatic imine (C=N–C) groups is 1. The van der Waals surface area contributed by atoms with Crippen LogP contribution in [0.25, 0.3) is 23.5 Å². The summed E-state index contributed by atoms with van der Waals surface area (Å²) in [6.45, 7) is 7.68. The van der Waals surface area contributed by atoms with Crippen molar-refractivity contribution in [1.82, 2.24) is 25.3 Å².